The van der Waals surface area contributed by atoms with Crippen molar-refractivity contribution in [1.29, 1.82) is 0 Å². The predicted molar refractivity (Wildman–Crippen MR) is 66.9 cm³/mol. The van der Waals surface area contributed by atoms with Crippen molar-refractivity contribution < 1.29 is 0 Å². The van der Waals surface area contributed by atoms with E-state index in [1.54, 1.807) is 6.07 Å². The van der Waals surface area contributed by atoms with Gasteiger partial charge in [-0.2, -0.15) is 0 Å². The monoisotopic (exact) mass is 239 g/mol. The third kappa shape index (κ3) is 2.85. The lowest BCUT2D eigenvalue weighted by Crippen LogP contribution is -2.08. The van der Waals surface area contributed by atoms with Crippen molar-refractivity contribution in [2.45, 2.75) is 33.1 Å². The Hall–Kier alpha value is -0.830. The van der Waals surface area contributed by atoms with Gasteiger partial charge in [-0.15, -0.1) is 0 Å². The summed E-state index contributed by atoms with van der Waals surface area (Å²) in [5.41, 5.74) is 0. The maximum absolute atomic E-state index is 5.96. The average molecular weight is 240 g/mol. The number of halogens is 1. The molecule has 1 aliphatic carbocycles. The smallest absolute Gasteiger partial charge is 0.135 e. The minimum absolute atomic E-state index is 0.305. The molecule has 2 rings (SSSR count). The molecule has 0 saturated heterocycles. The van der Waals surface area contributed by atoms with E-state index in [1.807, 2.05) is 0 Å². The largest absolute Gasteiger partial charge is 0.370 e. The third-order valence-electron chi connectivity index (χ3n) is 3.05. The maximum atomic E-state index is 5.96. The van der Waals surface area contributed by atoms with E-state index >= 15 is 0 Å². The van der Waals surface area contributed by atoms with Crippen molar-refractivity contribution in [2.75, 3.05) is 11.9 Å². The van der Waals surface area contributed by atoms with Crippen molar-refractivity contribution in [1.82, 2.24) is 9.97 Å². The molecule has 4 heteroatoms. The van der Waals surface area contributed by atoms with Crippen LogP contribution in [0.15, 0.2) is 6.07 Å². The molecule has 0 spiro atoms. The van der Waals surface area contributed by atoms with Crippen LogP contribution < -0.4 is 5.32 Å². The van der Waals surface area contributed by atoms with Gasteiger partial charge in [0.25, 0.3) is 0 Å². The van der Waals surface area contributed by atoms with E-state index in [0.29, 0.717) is 11.1 Å². The van der Waals surface area contributed by atoms with Gasteiger partial charge in [0, 0.05) is 18.5 Å². The highest BCUT2D eigenvalue weighted by Crippen LogP contribution is 2.37. The standard InChI is InChI=1S/C12H18ClN3/c1-7(2)12-15-10(13)5-11(16-12)14-6-9-4-8(9)3/h5,7-9H,4,6H2,1-3H3,(H,14,15,16). The zero-order valence-corrected chi connectivity index (χ0v) is 10.8. The van der Waals surface area contributed by atoms with E-state index in [0.717, 1.165) is 30.0 Å². The number of hydrogen-bond acceptors (Lipinski definition) is 3. The topological polar surface area (TPSA) is 37.8 Å². The summed E-state index contributed by atoms with van der Waals surface area (Å²) in [7, 11) is 0. The molecule has 0 amide bonds. The molecule has 0 radical (unpaired) electrons. The maximum Gasteiger partial charge on any atom is 0.135 e. The van der Waals surface area contributed by atoms with Crippen LogP contribution in [-0.2, 0) is 0 Å². The predicted octanol–water partition coefficient (Wildman–Crippen LogP) is 3.32. The first-order valence-electron chi connectivity index (χ1n) is 5.84. The van der Waals surface area contributed by atoms with Crippen molar-refractivity contribution in [2.24, 2.45) is 11.8 Å². The van der Waals surface area contributed by atoms with Gasteiger partial charge in [-0.25, -0.2) is 9.97 Å². The third-order valence-corrected chi connectivity index (χ3v) is 3.24. The molecule has 1 aromatic heterocycles. The molecule has 1 saturated carbocycles. The minimum Gasteiger partial charge on any atom is -0.370 e. The normalized spacial score (nSPS) is 23.6. The lowest BCUT2D eigenvalue weighted by molar-refractivity contribution is 0.761. The number of nitrogens with one attached hydrogen (secondary N) is 1. The van der Waals surface area contributed by atoms with Crippen molar-refractivity contribution in [3.63, 3.8) is 0 Å². The fourth-order valence-corrected chi connectivity index (χ4v) is 1.89. The number of rotatable bonds is 4. The molecule has 1 fully saturated rings. The number of nitrogens with zero attached hydrogens (tertiary/aromatic N) is 2. The lowest BCUT2D eigenvalue weighted by Gasteiger charge is -2.09. The number of aromatic nitrogens is 2. The van der Waals surface area contributed by atoms with Crippen LogP contribution in [0.4, 0.5) is 5.82 Å². The van der Waals surface area contributed by atoms with Crippen LogP contribution in [0.5, 0.6) is 0 Å². The molecule has 3 nitrogen and oxygen atoms in total. The second-order valence-corrected chi connectivity index (χ2v) is 5.33. The van der Waals surface area contributed by atoms with Crippen LogP contribution >= 0.6 is 11.6 Å². The van der Waals surface area contributed by atoms with Crippen molar-refractivity contribution in [3.8, 4) is 0 Å². The summed E-state index contributed by atoms with van der Waals surface area (Å²) in [6, 6.07) is 1.79. The Morgan fingerprint density at radius 3 is 2.75 bits per heavy atom. The Balaban J connectivity index is 2.02. The Morgan fingerprint density at radius 1 is 1.50 bits per heavy atom. The van der Waals surface area contributed by atoms with Crippen LogP contribution in [0.3, 0.4) is 0 Å². The highest BCUT2D eigenvalue weighted by atomic mass is 35.5. The van der Waals surface area contributed by atoms with Crippen LogP contribution in [0, 0.1) is 11.8 Å². The van der Waals surface area contributed by atoms with Gasteiger partial charge in [-0.1, -0.05) is 32.4 Å². The first kappa shape index (κ1) is 11.6. The van der Waals surface area contributed by atoms with Crippen LogP contribution in [0.2, 0.25) is 5.15 Å². The molecular formula is C12H18ClN3. The average Bonchev–Trinajstić information content (AvgIpc) is 2.91. The summed E-state index contributed by atoms with van der Waals surface area (Å²) in [5.74, 6) is 3.62. The molecule has 16 heavy (non-hydrogen) atoms. The molecule has 2 atom stereocenters. The Labute approximate surface area is 102 Å². The molecule has 0 aliphatic heterocycles. The zero-order chi connectivity index (χ0) is 11.7. The highest BCUT2D eigenvalue weighted by molar-refractivity contribution is 6.29. The van der Waals surface area contributed by atoms with Crippen molar-refractivity contribution in [3.05, 3.63) is 17.0 Å². The molecule has 1 N–H and O–H groups in total. The lowest BCUT2D eigenvalue weighted by atomic mass is 10.2. The van der Waals surface area contributed by atoms with Gasteiger partial charge in [0.2, 0.25) is 0 Å². The van der Waals surface area contributed by atoms with Gasteiger partial charge in [0.05, 0.1) is 0 Å². The van der Waals surface area contributed by atoms with Gasteiger partial charge >= 0.3 is 0 Å². The fourth-order valence-electron chi connectivity index (χ4n) is 1.70. The van der Waals surface area contributed by atoms with E-state index in [4.69, 9.17) is 11.6 Å². The molecule has 1 heterocycles. The summed E-state index contributed by atoms with van der Waals surface area (Å²) in [6.07, 6.45) is 1.32. The van der Waals surface area contributed by atoms with Crippen LogP contribution in [-0.4, -0.2) is 16.5 Å². The van der Waals surface area contributed by atoms with Gasteiger partial charge in [0.1, 0.15) is 16.8 Å². The van der Waals surface area contributed by atoms with Gasteiger partial charge in [0.15, 0.2) is 0 Å². The van der Waals surface area contributed by atoms with Crippen LogP contribution in [0.25, 0.3) is 0 Å². The zero-order valence-electron chi connectivity index (χ0n) is 10.00. The molecule has 2 unspecified atom stereocenters. The van der Waals surface area contributed by atoms with E-state index in [1.165, 1.54) is 6.42 Å². The molecule has 1 aromatic rings. The first-order chi connectivity index (χ1) is 7.56. The van der Waals surface area contributed by atoms with E-state index in [2.05, 4.69) is 36.1 Å². The first-order valence-corrected chi connectivity index (χ1v) is 6.22. The van der Waals surface area contributed by atoms with E-state index < -0.39 is 0 Å². The fraction of sp³-hybridized carbons (Fsp3) is 0.667. The minimum atomic E-state index is 0.305. The summed E-state index contributed by atoms with van der Waals surface area (Å²) in [5, 5.41) is 3.86. The molecule has 1 aliphatic rings. The SMILES string of the molecule is CC(C)c1nc(Cl)cc(NCC2CC2C)n1. The van der Waals surface area contributed by atoms with Crippen LogP contribution in [0.1, 0.15) is 38.9 Å². The van der Waals surface area contributed by atoms with Crippen molar-refractivity contribution >= 4 is 17.4 Å². The Bertz CT molecular complexity index is 379. The molecular weight excluding hydrogens is 222 g/mol. The van der Waals surface area contributed by atoms with Gasteiger partial charge < -0.3 is 5.32 Å². The molecule has 0 bridgehead atoms. The number of anilines is 1. The summed E-state index contributed by atoms with van der Waals surface area (Å²) in [6.45, 7) is 7.40. The van der Waals surface area contributed by atoms with E-state index in [9.17, 15) is 0 Å². The second kappa shape index (κ2) is 4.58. The highest BCUT2D eigenvalue weighted by Gasteiger charge is 2.31. The van der Waals surface area contributed by atoms with Gasteiger partial charge in [-0.3, -0.25) is 0 Å². The Morgan fingerprint density at radius 2 is 2.19 bits per heavy atom. The molecule has 0 aromatic carbocycles. The summed E-state index contributed by atoms with van der Waals surface area (Å²) >= 11 is 5.96. The molecule has 88 valence electrons. The summed E-state index contributed by atoms with van der Waals surface area (Å²) < 4.78 is 0. The second-order valence-electron chi connectivity index (χ2n) is 4.94. The van der Waals surface area contributed by atoms with Gasteiger partial charge in [-0.05, 0) is 18.3 Å². The Kier molecular flexibility index (Phi) is 3.33. The quantitative estimate of drug-likeness (QED) is 0.820. The summed E-state index contributed by atoms with van der Waals surface area (Å²) in [4.78, 5) is 8.66. The van der Waals surface area contributed by atoms with E-state index in [-0.39, 0.29) is 0 Å². The number of hydrogen-bond donors (Lipinski definition) is 1.